The highest BCUT2D eigenvalue weighted by Crippen LogP contribution is 2.17. The van der Waals surface area contributed by atoms with E-state index >= 15 is 0 Å². The molecule has 1 nitrogen and oxygen atoms in total. The summed E-state index contributed by atoms with van der Waals surface area (Å²) in [5.74, 6) is 0.681. The molecule has 0 unspecified atom stereocenters. The van der Waals surface area contributed by atoms with Gasteiger partial charge >= 0.3 is 0 Å². The van der Waals surface area contributed by atoms with Gasteiger partial charge in [-0.3, -0.25) is 0 Å². The molecule has 0 amide bonds. The average Bonchev–Trinajstić information content (AvgIpc) is 2.04. The van der Waals surface area contributed by atoms with E-state index in [2.05, 4.69) is 25.8 Å². The second-order valence-corrected chi connectivity index (χ2v) is 4.19. The van der Waals surface area contributed by atoms with Crippen molar-refractivity contribution in [3.05, 3.63) is 29.3 Å². The Balaban J connectivity index is 2.66. The Labute approximate surface area is 85.3 Å². The van der Waals surface area contributed by atoms with Crippen LogP contribution in [0.4, 0.5) is 5.69 Å². The maximum atomic E-state index is 5.80. The molecule has 1 rings (SSSR count). The van der Waals surface area contributed by atoms with Crippen LogP contribution in [-0.2, 0) is 0 Å². The third-order valence-corrected chi connectivity index (χ3v) is 2.16. The van der Waals surface area contributed by atoms with Crippen LogP contribution in [0, 0.1) is 5.92 Å². The van der Waals surface area contributed by atoms with E-state index in [1.54, 1.807) is 0 Å². The van der Waals surface area contributed by atoms with E-state index in [1.165, 1.54) is 5.69 Å². The highest BCUT2D eigenvalue weighted by molar-refractivity contribution is 6.30. The van der Waals surface area contributed by atoms with Crippen LogP contribution in [0.15, 0.2) is 24.3 Å². The third kappa shape index (κ3) is 3.27. The smallest absolute Gasteiger partial charge is 0.0407 e. The van der Waals surface area contributed by atoms with Crippen LogP contribution in [0.5, 0.6) is 0 Å². The van der Waals surface area contributed by atoms with Gasteiger partial charge in [0.1, 0.15) is 0 Å². The van der Waals surface area contributed by atoms with Crippen molar-refractivity contribution in [1.29, 1.82) is 0 Å². The van der Waals surface area contributed by atoms with Gasteiger partial charge in [-0.25, -0.2) is 0 Å². The number of rotatable bonds is 3. The molecule has 0 aliphatic heterocycles. The molecule has 0 fully saturated rings. The van der Waals surface area contributed by atoms with Crippen molar-refractivity contribution in [2.75, 3.05) is 18.5 Å². The van der Waals surface area contributed by atoms with Crippen molar-refractivity contribution in [3.63, 3.8) is 0 Å². The summed E-state index contributed by atoms with van der Waals surface area (Å²) in [6, 6.07) is 7.94. The normalized spacial score (nSPS) is 10.5. The predicted molar refractivity (Wildman–Crippen MR) is 59.6 cm³/mol. The molecule has 0 aliphatic rings. The lowest BCUT2D eigenvalue weighted by Gasteiger charge is -2.21. The van der Waals surface area contributed by atoms with E-state index in [-0.39, 0.29) is 0 Å². The number of benzene rings is 1. The first-order chi connectivity index (χ1) is 6.09. The third-order valence-electron chi connectivity index (χ3n) is 1.91. The lowest BCUT2D eigenvalue weighted by atomic mass is 10.2. The number of halogens is 1. The van der Waals surface area contributed by atoms with E-state index in [9.17, 15) is 0 Å². The maximum absolute atomic E-state index is 5.80. The molecule has 0 atom stereocenters. The first-order valence-corrected chi connectivity index (χ1v) is 4.94. The van der Waals surface area contributed by atoms with Gasteiger partial charge in [-0.1, -0.05) is 25.4 Å². The van der Waals surface area contributed by atoms with Gasteiger partial charge in [0, 0.05) is 24.3 Å². The molecule has 0 saturated heterocycles. The molecule has 2 heteroatoms. The Bertz CT molecular complexity index is 253. The monoisotopic (exact) mass is 197 g/mol. The molecule has 0 spiro atoms. The van der Waals surface area contributed by atoms with Crippen molar-refractivity contribution in [2.45, 2.75) is 13.8 Å². The molecule has 1 aromatic carbocycles. The largest absolute Gasteiger partial charge is 0.374 e. The molecule has 0 radical (unpaired) electrons. The fourth-order valence-electron chi connectivity index (χ4n) is 1.35. The standard InChI is InChI=1S/C11H16ClN/c1-9(2)8-13(3)11-6-4-10(12)5-7-11/h4-7,9H,8H2,1-3H3. The number of anilines is 1. The van der Waals surface area contributed by atoms with E-state index < -0.39 is 0 Å². The topological polar surface area (TPSA) is 3.24 Å². The summed E-state index contributed by atoms with van der Waals surface area (Å²) in [4.78, 5) is 2.24. The second-order valence-electron chi connectivity index (χ2n) is 3.75. The maximum Gasteiger partial charge on any atom is 0.0407 e. The Hall–Kier alpha value is -0.690. The Kier molecular flexibility index (Phi) is 3.61. The summed E-state index contributed by atoms with van der Waals surface area (Å²) in [7, 11) is 2.10. The van der Waals surface area contributed by atoms with Gasteiger partial charge in [-0.05, 0) is 30.2 Å². The molecular formula is C11H16ClN. The summed E-state index contributed by atoms with van der Waals surface area (Å²) >= 11 is 5.80. The molecule has 72 valence electrons. The number of hydrogen-bond donors (Lipinski definition) is 0. The zero-order chi connectivity index (χ0) is 9.84. The van der Waals surface area contributed by atoms with Crippen LogP contribution in [-0.4, -0.2) is 13.6 Å². The summed E-state index contributed by atoms with van der Waals surface area (Å²) in [5, 5.41) is 0.793. The number of hydrogen-bond acceptors (Lipinski definition) is 1. The quantitative estimate of drug-likeness (QED) is 0.718. The van der Waals surface area contributed by atoms with Gasteiger partial charge < -0.3 is 4.90 Å². The molecule has 13 heavy (non-hydrogen) atoms. The summed E-state index contributed by atoms with van der Waals surface area (Å²) in [6.45, 7) is 5.50. The van der Waals surface area contributed by atoms with E-state index in [0.717, 1.165) is 11.6 Å². The molecule has 0 saturated carbocycles. The second kappa shape index (κ2) is 4.52. The van der Waals surface area contributed by atoms with E-state index in [0.29, 0.717) is 5.92 Å². The van der Waals surface area contributed by atoms with Crippen molar-refractivity contribution in [3.8, 4) is 0 Å². The minimum atomic E-state index is 0.681. The molecule has 0 heterocycles. The fourth-order valence-corrected chi connectivity index (χ4v) is 1.47. The number of nitrogens with zero attached hydrogens (tertiary/aromatic N) is 1. The lowest BCUT2D eigenvalue weighted by Crippen LogP contribution is -2.22. The van der Waals surface area contributed by atoms with Crippen LogP contribution < -0.4 is 4.90 Å². The van der Waals surface area contributed by atoms with Crippen molar-refractivity contribution >= 4 is 17.3 Å². The minimum absolute atomic E-state index is 0.681. The van der Waals surface area contributed by atoms with Crippen molar-refractivity contribution in [2.24, 2.45) is 5.92 Å². The molecular weight excluding hydrogens is 182 g/mol. The highest BCUT2D eigenvalue weighted by atomic mass is 35.5. The summed E-state index contributed by atoms with van der Waals surface area (Å²) in [6.07, 6.45) is 0. The SMILES string of the molecule is CC(C)CN(C)c1ccc(Cl)cc1. The van der Waals surface area contributed by atoms with E-state index in [1.807, 2.05) is 24.3 Å². The minimum Gasteiger partial charge on any atom is -0.374 e. The summed E-state index contributed by atoms with van der Waals surface area (Å²) in [5.41, 5.74) is 1.22. The average molecular weight is 198 g/mol. The Morgan fingerprint density at radius 1 is 1.23 bits per heavy atom. The lowest BCUT2D eigenvalue weighted by molar-refractivity contribution is 0.638. The molecule has 0 bridgehead atoms. The van der Waals surface area contributed by atoms with Crippen molar-refractivity contribution in [1.82, 2.24) is 0 Å². The zero-order valence-electron chi connectivity index (χ0n) is 8.42. The van der Waals surface area contributed by atoms with Gasteiger partial charge in [0.2, 0.25) is 0 Å². The van der Waals surface area contributed by atoms with Gasteiger partial charge in [-0.2, -0.15) is 0 Å². The highest BCUT2D eigenvalue weighted by Gasteiger charge is 2.02. The fraction of sp³-hybridized carbons (Fsp3) is 0.455. The van der Waals surface area contributed by atoms with Crippen molar-refractivity contribution < 1.29 is 0 Å². The summed E-state index contributed by atoms with van der Waals surface area (Å²) < 4.78 is 0. The van der Waals surface area contributed by atoms with Crippen LogP contribution in [0.1, 0.15) is 13.8 Å². The molecule has 0 aliphatic carbocycles. The molecule has 0 N–H and O–H groups in total. The van der Waals surface area contributed by atoms with Crippen LogP contribution in [0.3, 0.4) is 0 Å². The Morgan fingerprint density at radius 3 is 2.23 bits per heavy atom. The van der Waals surface area contributed by atoms with Crippen LogP contribution >= 0.6 is 11.6 Å². The van der Waals surface area contributed by atoms with E-state index in [4.69, 9.17) is 11.6 Å². The molecule has 1 aromatic rings. The first kappa shape index (κ1) is 10.4. The van der Waals surface area contributed by atoms with Crippen LogP contribution in [0.2, 0.25) is 5.02 Å². The molecule has 0 aromatic heterocycles. The zero-order valence-corrected chi connectivity index (χ0v) is 9.17. The van der Waals surface area contributed by atoms with Crippen LogP contribution in [0.25, 0.3) is 0 Å². The first-order valence-electron chi connectivity index (χ1n) is 4.56. The predicted octanol–water partition coefficient (Wildman–Crippen LogP) is 3.43. The van der Waals surface area contributed by atoms with Gasteiger partial charge in [-0.15, -0.1) is 0 Å². The van der Waals surface area contributed by atoms with Gasteiger partial charge in [0.05, 0.1) is 0 Å². The van der Waals surface area contributed by atoms with Gasteiger partial charge in [0.25, 0.3) is 0 Å². The Morgan fingerprint density at radius 2 is 1.77 bits per heavy atom. The van der Waals surface area contributed by atoms with Gasteiger partial charge in [0.15, 0.2) is 0 Å².